The van der Waals surface area contributed by atoms with E-state index in [1.54, 1.807) is 7.11 Å². The lowest BCUT2D eigenvalue weighted by Gasteiger charge is -2.39. The monoisotopic (exact) mass is 386 g/mol. The van der Waals surface area contributed by atoms with Crippen molar-refractivity contribution in [3.05, 3.63) is 89.0 Å². The zero-order valence-corrected chi connectivity index (χ0v) is 17.3. The minimum absolute atomic E-state index is 0.00290. The lowest BCUT2D eigenvalue weighted by molar-refractivity contribution is 0.0975. The van der Waals surface area contributed by atoms with E-state index in [0.717, 1.165) is 33.8 Å². The van der Waals surface area contributed by atoms with Crippen molar-refractivity contribution in [1.82, 2.24) is 0 Å². The standard InChI is InChI=1S/C25H26N2O2/c1-16(2)20-15-21(17(3)14-23(20)29-4)24-26-22-13-9-8-12-19(22)25(28)27(24)18-10-6-5-7-11-18/h5-16,24,26H,1-4H3. The van der Waals surface area contributed by atoms with Gasteiger partial charge in [0.1, 0.15) is 11.9 Å². The fraction of sp³-hybridized carbons (Fsp3) is 0.240. The zero-order chi connectivity index (χ0) is 20.5. The van der Waals surface area contributed by atoms with Gasteiger partial charge in [0.05, 0.1) is 12.7 Å². The van der Waals surface area contributed by atoms with Gasteiger partial charge in [-0.25, -0.2) is 0 Å². The molecule has 0 bridgehead atoms. The highest BCUT2D eigenvalue weighted by molar-refractivity contribution is 6.12. The maximum Gasteiger partial charge on any atom is 0.262 e. The van der Waals surface area contributed by atoms with Gasteiger partial charge in [-0.05, 0) is 65.9 Å². The van der Waals surface area contributed by atoms with Crippen LogP contribution in [0.15, 0.2) is 66.7 Å². The number of ether oxygens (including phenoxy) is 1. The second-order valence-corrected chi connectivity index (χ2v) is 7.71. The first kappa shape index (κ1) is 19.1. The third-order valence-electron chi connectivity index (χ3n) is 5.50. The molecule has 1 aliphatic rings. The second kappa shape index (κ2) is 7.63. The summed E-state index contributed by atoms with van der Waals surface area (Å²) in [5.74, 6) is 1.19. The van der Waals surface area contributed by atoms with Crippen molar-refractivity contribution in [2.24, 2.45) is 0 Å². The number of para-hydroxylation sites is 2. The van der Waals surface area contributed by atoms with Gasteiger partial charge in [-0.3, -0.25) is 9.69 Å². The smallest absolute Gasteiger partial charge is 0.262 e. The van der Waals surface area contributed by atoms with Crippen LogP contribution in [0.1, 0.15) is 53.0 Å². The fourth-order valence-electron chi connectivity index (χ4n) is 3.96. The van der Waals surface area contributed by atoms with E-state index in [4.69, 9.17) is 4.74 Å². The number of methoxy groups -OCH3 is 1. The molecule has 0 aromatic heterocycles. The Morgan fingerprint density at radius 1 is 1.00 bits per heavy atom. The summed E-state index contributed by atoms with van der Waals surface area (Å²) in [4.78, 5) is 15.4. The number of fused-ring (bicyclic) bond motifs is 1. The van der Waals surface area contributed by atoms with Crippen LogP contribution in [0.3, 0.4) is 0 Å². The number of aryl methyl sites for hydroxylation is 1. The number of nitrogens with one attached hydrogen (secondary N) is 1. The molecule has 3 aromatic rings. The number of benzene rings is 3. The largest absolute Gasteiger partial charge is 0.496 e. The van der Waals surface area contributed by atoms with Crippen molar-refractivity contribution in [1.29, 1.82) is 0 Å². The van der Waals surface area contributed by atoms with E-state index in [2.05, 4.69) is 38.2 Å². The first-order valence-electron chi connectivity index (χ1n) is 9.94. The van der Waals surface area contributed by atoms with Gasteiger partial charge in [-0.15, -0.1) is 0 Å². The summed E-state index contributed by atoms with van der Waals surface area (Å²) in [6.07, 6.45) is -0.303. The molecule has 1 atom stereocenters. The summed E-state index contributed by atoms with van der Waals surface area (Å²) in [7, 11) is 1.70. The highest BCUT2D eigenvalue weighted by Gasteiger charge is 2.35. The van der Waals surface area contributed by atoms with E-state index in [1.807, 2.05) is 59.5 Å². The van der Waals surface area contributed by atoms with Crippen LogP contribution < -0.4 is 15.0 Å². The number of carbonyl (C=O) groups excluding carboxylic acids is 1. The van der Waals surface area contributed by atoms with Crippen molar-refractivity contribution in [2.45, 2.75) is 32.9 Å². The van der Waals surface area contributed by atoms with E-state index in [1.165, 1.54) is 0 Å². The summed E-state index contributed by atoms with van der Waals surface area (Å²) in [6.45, 7) is 6.37. The molecule has 29 heavy (non-hydrogen) atoms. The average molecular weight is 386 g/mol. The Labute approximate surface area is 172 Å². The van der Waals surface area contributed by atoms with Crippen molar-refractivity contribution < 1.29 is 9.53 Å². The molecule has 3 aromatic carbocycles. The Bertz CT molecular complexity index is 1040. The Balaban J connectivity index is 1.91. The molecule has 1 amide bonds. The first-order chi connectivity index (χ1) is 14.0. The van der Waals surface area contributed by atoms with Crippen LogP contribution in [-0.4, -0.2) is 13.0 Å². The Hall–Kier alpha value is -3.27. The topological polar surface area (TPSA) is 41.6 Å². The van der Waals surface area contributed by atoms with Gasteiger partial charge in [0.25, 0.3) is 5.91 Å². The van der Waals surface area contributed by atoms with Crippen molar-refractivity contribution in [3.63, 3.8) is 0 Å². The summed E-state index contributed by atoms with van der Waals surface area (Å²) in [5, 5.41) is 3.60. The summed E-state index contributed by atoms with van der Waals surface area (Å²) < 4.78 is 5.62. The number of hydrogen-bond donors (Lipinski definition) is 1. The maximum atomic E-state index is 13.5. The quantitative estimate of drug-likeness (QED) is 0.607. The molecule has 148 valence electrons. The van der Waals surface area contributed by atoms with Crippen LogP contribution in [0, 0.1) is 6.92 Å². The van der Waals surface area contributed by atoms with Gasteiger partial charge in [-0.2, -0.15) is 0 Å². The van der Waals surface area contributed by atoms with Crippen molar-refractivity contribution in [2.75, 3.05) is 17.3 Å². The average Bonchev–Trinajstić information content (AvgIpc) is 2.74. The predicted octanol–water partition coefficient (Wildman–Crippen LogP) is 5.90. The van der Waals surface area contributed by atoms with Crippen LogP contribution in [0.2, 0.25) is 0 Å². The summed E-state index contributed by atoms with van der Waals surface area (Å²) >= 11 is 0. The Morgan fingerprint density at radius 3 is 2.38 bits per heavy atom. The second-order valence-electron chi connectivity index (χ2n) is 7.71. The minimum atomic E-state index is -0.303. The van der Waals surface area contributed by atoms with Crippen LogP contribution in [0.25, 0.3) is 0 Å². The van der Waals surface area contributed by atoms with E-state index >= 15 is 0 Å². The molecule has 1 aliphatic heterocycles. The number of anilines is 2. The third-order valence-corrected chi connectivity index (χ3v) is 5.50. The number of nitrogens with zero attached hydrogens (tertiary/aromatic N) is 1. The molecule has 4 heteroatoms. The van der Waals surface area contributed by atoms with Gasteiger partial charge in [0.15, 0.2) is 0 Å². The molecule has 4 rings (SSSR count). The predicted molar refractivity (Wildman–Crippen MR) is 118 cm³/mol. The highest BCUT2D eigenvalue weighted by Crippen LogP contribution is 2.40. The molecular weight excluding hydrogens is 360 g/mol. The summed E-state index contributed by atoms with van der Waals surface area (Å²) in [5.41, 5.74) is 5.69. The van der Waals surface area contributed by atoms with Crippen LogP contribution in [-0.2, 0) is 0 Å². The number of rotatable bonds is 4. The lowest BCUT2D eigenvalue weighted by atomic mass is 9.93. The Kier molecular flexibility index (Phi) is 5.01. The Morgan fingerprint density at radius 2 is 1.69 bits per heavy atom. The molecular formula is C25H26N2O2. The molecule has 0 saturated heterocycles. The van der Waals surface area contributed by atoms with Gasteiger partial charge in [0, 0.05) is 11.4 Å². The molecule has 0 saturated carbocycles. The molecule has 0 radical (unpaired) electrons. The molecule has 0 fully saturated rings. The maximum absolute atomic E-state index is 13.5. The zero-order valence-electron chi connectivity index (χ0n) is 17.3. The molecule has 1 unspecified atom stereocenters. The van der Waals surface area contributed by atoms with E-state index < -0.39 is 0 Å². The van der Waals surface area contributed by atoms with Crippen LogP contribution in [0.4, 0.5) is 11.4 Å². The molecule has 1 N–H and O–H groups in total. The van der Waals surface area contributed by atoms with E-state index in [0.29, 0.717) is 11.5 Å². The van der Waals surface area contributed by atoms with Gasteiger partial charge < -0.3 is 10.1 Å². The van der Waals surface area contributed by atoms with Gasteiger partial charge in [0.2, 0.25) is 0 Å². The third kappa shape index (κ3) is 3.35. The molecule has 1 heterocycles. The van der Waals surface area contributed by atoms with E-state index in [9.17, 15) is 4.79 Å². The van der Waals surface area contributed by atoms with Crippen molar-refractivity contribution >= 4 is 17.3 Å². The normalized spacial score (nSPS) is 15.8. The molecule has 0 aliphatic carbocycles. The van der Waals surface area contributed by atoms with Crippen LogP contribution >= 0.6 is 0 Å². The first-order valence-corrected chi connectivity index (χ1v) is 9.94. The van der Waals surface area contributed by atoms with Gasteiger partial charge in [-0.1, -0.05) is 44.2 Å². The minimum Gasteiger partial charge on any atom is -0.496 e. The highest BCUT2D eigenvalue weighted by atomic mass is 16.5. The molecule has 4 nitrogen and oxygen atoms in total. The molecule has 0 spiro atoms. The number of carbonyl (C=O) groups is 1. The van der Waals surface area contributed by atoms with Crippen molar-refractivity contribution in [3.8, 4) is 5.75 Å². The number of hydrogen-bond acceptors (Lipinski definition) is 3. The summed E-state index contributed by atoms with van der Waals surface area (Å²) in [6, 6.07) is 21.8. The number of amides is 1. The van der Waals surface area contributed by atoms with Crippen LogP contribution in [0.5, 0.6) is 5.75 Å². The fourth-order valence-corrected chi connectivity index (χ4v) is 3.96. The van der Waals surface area contributed by atoms with Gasteiger partial charge >= 0.3 is 0 Å². The lowest BCUT2D eigenvalue weighted by Crippen LogP contribution is -2.43. The van der Waals surface area contributed by atoms with E-state index in [-0.39, 0.29) is 12.1 Å². The SMILES string of the molecule is COc1cc(C)c(C2Nc3ccccc3C(=O)N2c2ccccc2)cc1C(C)C.